The summed E-state index contributed by atoms with van der Waals surface area (Å²) in [6.45, 7) is 8.40. The van der Waals surface area contributed by atoms with Crippen molar-refractivity contribution >= 4 is 0 Å². The highest BCUT2D eigenvalue weighted by Gasteiger charge is 2.23. The van der Waals surface area contributed by atoms with Crippen LogP contribution in [0.3, 0.4) is 0 Å². The van der Waals surface area contributed by atoms with Gasteiger partial charge in [-0.3, -0.25) is 9.58 Å². The van der Waals surface area contributed by atoms with Gasteiger partial charge >= 0.3 is 0 Å². The Morgan fingerprint density at radius 1 is 1.13 bits per heavy atom. The standard InChI is InChI=1S/C19H27N3O/c1-15-11-16(2)13-17(12-15)14-21-7-4-18(5-8-21)19-3-6-20-22(19)9-10-23/h3,6,11-13,18,23H,4-5,7-10,14H2,1-2H3. The lowest BCUT2D eigenvalue weighted by molar-refractivity contribution is 0.199. The number of benzene rings is 1. The Bertz CT molecular complexity index is 622. The molecular formula is C19H27N3O. The van der Waals surface area contributed by atoms with E-state index in [2.05, 4.69) is 48.1 Å². The number of aliphatic hydroxyl groups is 1. The van der Waals surface area contributed by atoms with Crippen molar-refractivity contribution in [1.29, 1.82) is 0 Å². The molecule has 23 heavy (non-hydrogen) atoms. The van der Waals surface area contributed by atoms with Gasteiger partial charge in [0.2, 0.25) is 0 Å². The molecule has 124 valence electrons. The quantitative estimate of drug-likeness (QED) is 0.923. The van der Waals surface area contributed by atoms with Gasteiger partial charge in [0, 0.05) is 24.4 Å². The summed E-state index contributed by atoms with van der Waals surface area (Å²) in [6, 6.07) is 8.95. The Kier molecular flexibility index (Phi) is 5.13. The van der Waals surface area contributed by atoms with E-state index in [0.29, 0.717) is 12.5 Å². The lowest BCUT2D eigenvalue weighted by Crippen LogP contribution is -2.33. The van der Waals surface area contributed by atoms with Crippen LogP contribution in [0.15, 0.2) is 30.5 Å². The fourth-order valence-corrected chi connectivity index (χ4v) is 3.78. The van der Waals surface area contributed by atoms with Gasteiger partial charge in [0.25, 0.3) is 0 Å². The molecule has 2 aromatic rings. The molecule has 4 nitrogen and oxygen atoms in total. The third-order valence-corrected chi connectivity index (χ3v) is 4.75. The highest BCUT2D eigenvalue weighted by molar-refractivity contribution is 5.28. The number of hydrogen-bond acceptors (Lipinski definition) is 3. The highest BCUT2D eigenvalue weighted by Crippen LogP contribution is 2.28. The molecule has 1 saturated heterocycles. The van der Waals surface area contributed by atoms with E-state index in [4.69, 9.17) is 5.11 Å². The fraction of sp³-hybridized carbons (Fsp3) is 0.526. The van der Waals surface area contributed by atoms with Gasteiger partial charge in [-0.05, 0) is 51.4 Å². The molecule has 1 aliphatic rings. The molecule has 2 heterocycles. The molecule has 3 rings (SSSR count). The Hall–Kier alpha value is -1.65. The summed E-state index contributed by atoms with van der Waals surface area (Å²) in [4.78, 5) is 2.55. The van der Waals surface area contributed by atoms with Gasteiger partial charge in [0.05, 0.1) is 13.2 Å². The molecular weight excluding hydrogens is 286 g/mol. The number of aromatic nitrogens is 2. The molecule has 0 amide bonds. The number of rotatable bonds is 5. The second-order valence-electron chi connectivity index (χ2n) is 6.75. The number of hydrogen-bond donors (Lipinski definition) is 1. The van der Waals surface area contributed by atoms with Gasteiger partial charge in [-0.1, -0.05) is 29.3 Å². The molecule has 0 bridgehead atoms. The van der Waals surface area contributed by atoms with Crippen LogP contribution in [0.25, 0.3) is 0 Å². The number of aliphatic hydroxyl groups excluding tert-OH is 1. The van der Waals surface area contributed by atoms with Gasteiger partial charge in [-0.25, -0.2) is 0 Å². The Morgan fingerprint density at radius 2 is 1.83 bits per heavy atom. The maximum atomic E-state index is 9.14. The maximum Gasteiger partial charge on any atom is 0.0644 e. The number of nitrogens with zero attached hydrogens (tertiary/aromatic N) is 3. The van der Waals surface area contributed by atoms with Crippen molar-refractivity contribution in [2.24, 2.45) is 0 Å². The van der Waals surface area contributed by atoms with Crippen LogP contribution in [0.4, 0.5) is 0 Å². The predicted octanol–water partition coefficient (Wildman–Crippen LogP) is 2.87. The first kappa shape index (κ1) is 16.2. The van der Waals surface area contributed by atoms with Gasteiger partial charge in [0.1, 0.15) is 0 Å². The summed E-state index contributed by atoms with van der Waals surface area (Å²) in [5.41, 5.74) is 5.40. The van der Waals surface area contributed by atoms with Gasteiger partial charge < -0.3 is 5.11 Å². The summed E-state index contributed by atoms with van der Waals surface area (Å²) >= 11 is 0. The van der Waals surface area contributed by atoms with Crippen LogP contribution in [0.1, 0.15) is 41.1 Å². The number of aryl methyl sites for hydroxylation is 2. The topological polar surface area (TPSA) is 41.3 Å². The second kappa shape index (κ2) is 7.28. The van der Waals surface area contributed by atoms with Crippen molar-refractivity contribution in [3.8, 4) is 0 Å². The third kappa shape index (κ3) is 4.01. The van der Waals surface area contributed by atoms with Crippen molar-refractivity contribution in [3.05, 3.63) is 52.8 Å². The molecule has 0 aliphatic carbocycles. The molecule has 0 unspecified atom stereocenters. The van der Waals surface area contributed by atoms with Crippen molar-refractivity contribution in [2.75, 3.05) is 19.7 Å². The van der Waals surface area contributed by atoms with Gasteiger partial charge in [-0.2, -0.15) is 5.10 Å². The molecule has 1 aromatic carbocycles. The van der Waals surface area contributed by atoms with Crippen LogP contribution in [0.5, 0.6) is 0 Å². The molecule has 1 N–H and O–H groups in total. The van der Waals surface area contributed by atoms with E-state index in [0.717, 1.165) is 19.6 Å². The van der Waals surface area contributed by atoms with Crippen molar-refractivity contribution in [1.82, 2.24) is 14.7 Å². The van der Waals surface area contributed by atoms with E-state index in [1.165, 1.54) is 35.2 Å². The summed E-state index contributed by atoms with van der Waals surface area (Å²) in [6.07, 6.45) is 4.19. The monoisotopic (exact) mass is 313 g/mol. The summed E-state index contributed by atoms with van der Waals surface area (Å²) in [5, 5.41) is 13.5. The van der Waals surface area contributed by atoms with Crippen LogP contribution in [-0.4, -0.2) is 39.5 Å². The minimum Gasteiger partial charge on any atom is -0.394 e. The van der Waals surface area contributed by atoms with Crippen LogP contribution in [0.2, 0.25) is 0 Å². The minimum absolute atomic E-state index is 0.153. The smallest absolute Gasteiger partial charge is 0.0644 e. The predicted molar refractivity (Wildman–Crippen MR) is 92.5 cm³/mol. The minimum atomic E-state index is 0.153. The molecule has 1 aliphatic heterocycles. The molecule has 1 aromatic heterocycles. The van der Waals surface area contributed by atoms with E-state index in [-0.39, 0.29) is 6.61 Å². The summed E-state index contributed by atoms with van der Waals surface area (Å²) in [5.74, 6) is 0.569. The molecule has 0 saturated carbocycles. The van der Waals surface area contributed by atoms with E-state index in [9.17, 15) is 0 Å². The summed E-state index contributed by atoms with van der Waals surface area (Å²) < 4.78 is 1.96. The first-order chi connectivity index (χ1) is 11.2. The second-order valence-corrected chi connectivity index (χ2v) is 6.75. The van der Waals surface area contributed by atoms with Crippen molar-refractivity contribution in [2.45, 2.75) is 45.7 Å². The number of piperidine rings is 1. The summed E-state index contributed by atoms with van der Waals surface area (Å²) in [7, 11) is 0. The van der Waals surface area contributed by atoms with Gasteiger partial charge in [0.15, 0.2) is 0 Å². The molecule has 1 fully saturated rings. The Balaban J connectivity index is 1.59. The first-order valence-electron chi connectivity index (χ1n) is 8.58. The van der Waals surface area contributed by atoms with Crippen LogP contribution < -0.4 is 0 Å². The zero-order chi connectivity index (χ0) is 16.2. The fourth-order valence-electron chi connectivity index (χ4n) is 3.78. The molecule has 0 radical (unpaired) electrons. The average molecular weight is 313 g/mol. The normalized spacial score (nSPS) is 16.8. The lowest BCUT2D eigenvalue weighted by Gasteiger charge is -2.32. The number of likely N-dealkylation sites (tertiary alicyclic amines) is 1. The van der Waals surface area contributed by atoms with Crippen molar-refractivity contribution in [3.63, 3.8) is 0 Å². The SMILES string of the molecule is Cc1cc(C)cc(CN2CCC(c3ccnn3CCO)CC2)c1. The average Bonchev–Trinajstić information content (AvgIpc) is 2.96. The zero-order valence-electron chi connectivity index (χ0n) is 14.2. The van der Waals surface area contributed by atoms with Crippen LogP contribution in [0, 0.1) is 13.8 Å². The first-order valence-corrected chi connectivity index (χ1v) is 8.58. The lowest BCUT2D eigenvalue weighted by atomic mass is 9.93. The van der Waals surface area contributed by atoms with E-state index >= 15 is 0 Å². The van der Waals surface area contributed by atoms with E-state index < -0.39 is 0 Å². The third-order valence-electron chi connectivity index (χ3n) is 4.75. The van der Waals surface area contributed by atoms with E-state index in [1.54, 1.807) is 0 Å². The van der Waals surface area contributed by atoms with E-state index in [1.807, 2.05) is 10.9 Å². The van der Waals surface area contributed by atoms with Crippen molar-refractivity contribution < 1.29 is 5.11 Å². The highest BCUT2D eigenvalue weighted by atomic mass is 16.3. The van der Waals surface area contributed by atoms with Crippen LogP contribution >= 0.6 is 0 Å². The maximum absolute atomic E-state index is 9.14. The molecule has 4 heteroatoms. The molecule has 0 atom stereocenters. The Morgan fingerprint density at radius 3 is 2.48 bits per heavy atom. The Labute approximate surface area is 138 Å². The zero-order valence-corrected chi connectivity index (χ0v) is 14.2. The van der Waals surface area contributed by atoms with Gasteiger partial charge in [-0.15, -0.1) is 0 Å². The molecule has 0 spiro atoms. The largest absolute Gasteiger partial charge is 0.394 e. The van der Waals surface area contributed by atoms with Crippen LogP contribution in [-0.2, 0) is 13.1 Å².